The molecule has 0 bridgehead atoms. The van der Waals surface area contributed by atoms with Gasteiger partial charge in [-0.3, -0.25) is 9.69 Å². The molecule has 2 heterocycles. The Bertz CT molecular complexity index is 941. The predicted octanol–water partition coefficient (Wildman–Crippen LogP) is 3.41. The van der Waals surface area contributed by atoms with Gasteiger partial charge in [-0.2, -0.15) is 4.31 Å². The van der Waals surface area contributed by atoms with Gasteiger partial charge in [-0.25, -0.2) is 13.4 Å². The van der Waals surface area contributed by atoms with Gasteiger partial charge in [0.25, 0.3) is 0 Å². The third-order valence-corrected chi connectivity index (χ3v) is 6.76. The molecule has 1 fully saturated rings. The van der Waals surface area contributed by atoms with E-state index >= 15 is 0 Å². The molecule has 1 aliphatic rings. The molecule has 1 aromatic carbocycles. The summed E-state index contributed by atoms with van der Waals surface area (Å²) in [6.07, 6.45) is 3.92. The van der Waals surface area contributed by atoms with Gasteiger partial charge in [0.05, 0.1) is 11.9 Å². The first-order valence-electron chi connectivity index (χ1n) is 8.42. The SMILES string of the molecule is C=CCN(C(=O)C1CCCN1S(C)(=O)=O)c1nc(-c2ccc(Cl)cc2)cs1. The smallest absolute Gasteiger partial charge is 0.247 e. The molecule has 3 rings (SSSR count). The van der Waals surface area contributed by atoms with Crippen molar-refractivity contribution in [3.05, 3.63) is 47.3 Å². The number of hydrogen-bond acceptors (Lipinski definition) is 5. The Morgan fingerprint density at radius 1 is 1.44 bits per heavy atom. The number of benzene rings is 1. The van der Waals surface area contributed by atoms with Crippen molar-refractivity contribution in [1.29, 1.82) is 0 Å². The van der Waals surface area contributed by atoms with Gasteiger partial charge in [-0.15, -0.1) is 17.9 Å². The highest BCUT2D eigenvalue weighted by atomic mass is 35.5. The van der Waals surface area contributed by atoms with Crippen LogP contribution in [0.5, 0.6) is 0 Å². The summed E-state index contributed by atoms with van der Waals surface area (Å²) in [5.41, 5.74) is 1.63. The van der Waals surface area contributed by atoms with Gasteiger partial charge < -0.3 is 0 Å². The molecule has 1 atom stereocenters. The molecular formula is C18H20ClN3O3S2. The highest BCUT2D eigenvalue weighted by Gasteiger charge is 2.39. The number of carbonyl (C=O) groups excluding carboxylic acids is 1. The van der Waals surface area contributed by atoms with Crippen LogP contribution in [-0.2, 0) is 14.8 Å². The molecule has 144 valence electrons. The van der Waals surface area contributed by atoms with E-state index in [-0.39, 0.29) is 12.5 Å². The largest absolute Gasteiger partial charge is 0.283 e. The van der Waals surface area contributed by atoms with Crippen LogP contribution in [0.25, 0.3) is 11.3 Å². The van der Waals surface area contributed by atoms with Crippen LogP contribution in [-0.4, -0.2) is 49.0 Å². The summed E-state index contributed by atoms with van der Waals surface area (Å²) in [5, 5.41) is 3.02. The molecule has 27 heavy (non-hydrogen) atoms. The van der Waals surface area contributed by atoms with Gasteiger partial charge in [-0.1, -0.05) is 29.8 Å². The molecular weight excluding hydrogens is 406 g/mol. The molecule has 0 saturated carbocycles. The van der Waals surface area contributed by atoms with Gasteiger partial charge >= 0.3 is 0 Å². The maximum absolute atomic E-state index is 13.1. The van der Waals surface area contributed by atoms with Crippen LogP contribution in [0.15, 0.2) is 42.3 Å². The van der Waals surface area contributed by atoms with E-state index in [1.54, 1.807) is 18.2 Å². The van der Waals surface area contributed by atoms with Crippen molar-refractivity contribution in [3.63, 3.8) is 0 Å². The van der Waals surface area contributed by atoms with Crippen LogP contribution >= 0.6 is 22.9 Å². The number of thiazole rings is 1. The predicted molar refractivity (Wildman–Crippen MR) is 110 cm³/mol. The van der Waals surface area contributed by atoms with E-state index in [1.807, 2.05) is 17.5 Å². The molecule has 1 aliphatic heterocycles. The van der Waals surface area contributed by atoms with Crippen molar-refractivity contribution in [2.24, 2.45) is 0 Å². The number of anilines is 1. The Labute approximate surface area is 168 Å². The monoisotopic (exact) mass is 425 g/mol. The van der Waals surface area contributed by atoms with E-state index in [9.17, 15) is 13.2 Å². The fourth-order valence-corrected chi connectivity index (χ4v) is 5.19. The average molecular weight is 426 g/mol. The van der Waals surface area contributed by atoms with Gasteiger partial charge in [0.1, 0.15) is 6.04 Å². The highest BCUT2D eigenvalue weighted by molar-refractivity contribution is 7.88. The zero-order valence-corrected chi connectivity index (χ0v) is 17.2. The summed E-state index contributed by atoms with van der Waals surface area (Å²) in [5.74, 6) is -0.269. The van der Waals surface area contributed by atoms with E-state index in [0.717, 1.165) is 17.5 Å². The van der Waals surface area contributed by atoms with Crippen molar-refractivity contribution in [1.82, 2.24) is 9.29 Å². The molecule has 1 saturated heterocycles. The quantitative estimate of drug-likeness (QED) is 0.665. The number of sulfonamides is 1. The number of rotatable bonds is 6. The minimum Gasteiger partial charge on any atom is -0.283 e. The molecule has 2 aromatic rings. The first-order chi connectivity index (χ1) is 12.8. The van der Waals surface area contributed by atoms with Crippen molar-refractivity contribution < 1.29 is 13.2 Å². The number of aromatic nitrogens is 1. The maximum atomic E-state index is 13.1. The fraction of sp³-hybridized carbons (Fsp3) is 0.333. The third kappa shape index (κ3) is 4.40. The molecule has 1 aromatic heterocycles. The lowest BCUT2D eigenvalue weighted by Crippen LogP contribution is -2.47. The summed E-state index contributed by atoms with van der Waals surface area (Å²) in [6, 6.07) is 6.60. The minimum atomic E-state index is -3.44. The summed E-state index contributed by atoms with van der Waals surface area (Å²) in [7, 11) is -3.44. The minimum absolute atomic E-state index is 0.264. The van der Waals surface area contributed by atoms with Crippen molar-refractivity contribution in [2.45, 2.75) is 18.9 Å². The standard InChI is InChI=1S/C18H20ClN3O3S2/c1-3-10-21(17(23)16-5-4-11-22(16)27(2,24)25)18-20-15(12-26-18)13-6-8-14(19)9-7-13/h3,6-9,12,16H,1,4-5,10-11H2,2H3. The van der Waals surface area contributed by atoms with Gasteiger partial charge in [0.2, 0.25) is 15.9 Å². The molecule has 0 radical (unpaired) electrons. The summed E-state index contributed by atoms with van der Waals surface area (Å²) >= 11 is 7.26. The van der Waals surface area contributed by atoms with E-state index < -0.39 is 16.1 Å². The van der Waals surface area contributed by atoms with E-state index in [0.29, 0.717) is 29.5 Å². The first-order valence-corrected chi connectivity index (χ1v) is 11.5. The molecule has 1 unspecified atom stereocenters. The van der Waals surface area contributed by atoms with Crippen LogP contribution in [0.1, 0.15) is 12.8 Å². The Morgan fingerprint density at radius 3 is 2.78 bits per heavy atom. The lowest BCUT2D eigenvalue weighted by atomic mass is 10.2. The maximum Gasteiger partial charge on any atom is 0.247 e. The Kier molecular flexibility index (Phi) is 6.00. The number of hydrogen-bond donors (Lipinski definition) is 0. The second kappa shape index (κ2) is 8.10. The molecule has 0 N–H and O–H groups in total. The lowest BCUT2D eigenvalue weighted by Gasteiger charge is -2.26. The number of halogens is 1. The van der Waals surface area contributed by atoms with Gasteiger partial charge in [0, 0.05) is 29.1 Å². The van der Waals surface area contributed by atoms with Crippen LogP contribution in [0.2, 0.25) is 5.02 Å². The van der Waals surface area contributed by atoms with Crippen molar-refractivity contribution in [2.75, 3.05) is 24.2 Å². The zero-order chi connectivity index (χ0) is 19.6. The summed E-state index contributed by atoms with van der Waals surface area (Å²) in [4.78, 5) is 19.2. The van der Waals surface area contributed by atoms with Crippen LogP contribution < -0.4 is 4.90 Å². The molecule has 6 nitrogen and oxygen atoms in total. The first kappa shape index (κ1) is 20.0. The second-order valence-electron chi connectivity index (χ2n) is 6.29. The van der Waals surface area contributed by atoms with Crippen LogP contribution in [0.3, 0.4) is 0 Å². The molecule has 9 heteroatoms. The summed E-state index contributed by atoms with van der Waals surface area (Å²) < 4.78 is 25.3. The fourth-order valence-electron chi connectivity index (χ4n) is 3.10. The highest BCUT2D eigenvalue weighted by Crippen LogP contribution is 2.30. The van der Waals surface area contributed by atoms with Gasteiger partial charge in [0.15, 0.2) is 5.13 Å². The Morgan fingerprint density at radius 2 is 2.15 bits per heavy atom. The van der Waals surface area contributed by atoms with E-state index in [2.05, 4.69) is 11.6 Å². The van der Waals surface area contributed by atoms with E-state index in [1.165, 1.54) is 20.5 Å². The van der Waals surface area contributed by atoms with E-state index in [4.69, 9.17) is 11.6 Å². The number of amides is 1. The summed E-state index contributed by atoms with van der Waals surface area (Å²) in [6.45, 7) is 4.34. The van der Waals surface area contributed by atoms with Crippen molar-refractivity contribution >= 4 is 44.0 Å². The zero-order valence-electron chi connectivity index (χ0n) is 14.8. The molecule has 1 amide bonds. The number of carbonyl (C=O) groups is 1. The molecule has 0 spiro atoms. The Hall–Kier alpha value is -1.74. The Balaban J connectivity index is 1.88. The van der Waals surface area contributed by atoms with Crippen molar-refractivity contribution in [3.8, 4) is 11.3 Å². The lowest BCUT2D eigenvalue weighted by molar-refractivity contribution is -0.121. The van der Waals surface area contributed by atoms with Gasteiger partial charge in [-0.05, 0) is 25.0 Å². The molecule has 0 aliphatic carbocycles. The number of nitrogens with zero attached hydrogens (tertiary/aromatic N) is 3. The normalized spacial score (nSPS) is 17.8. The van der Waals surface area contributed by atoms with Crippen LogP contribution in [0, 0.1) is 0 Å². The van der Waals surface area contributed by atoms with Crippen LogP contribution in [0.4, 0.5) is 5.13 Å². The average Bonchev–Trinajstić information content (AvgIpc) is 3.29. The topological polar surface area (TPSA) is 70.6 Å². The third-order valence-electron chi connectivity index (χ3n) is 4.36. The second-order valence-corrected chi connectivity index (χ2v) is 9.50.